The maximum absolute atomic E-state index is 12.1. The van der Waals surface area contributed by atoms with Crippen LogP contribution in [0.2, 0.25) is 5.02 Å². The van der Waals surface area contributed by atoms with Crippen molar-refractivity contribution >= 4 is 23.3 Å². The molecule has 1 aromatic heterocycles. The second kappa shape index (κ2) is 8.45. The number of aromatic nitrogens is 2. The molecule has 132 valence electrons. The van der Waals surface area contributed by atoms with Crippen LogP contribution in [0.5, 0.6) is 0 Å². The van der Waals surface area contributed by atoms with Crippen LogP contribution in [-0.2, 0) is 13.1 Å². The van der Waals surface area contributed by atoms with Gasteiger partial charge in [0.15, 0.2) is 0 Å². The van der Waals surface area contributed by atoms with E-state index in [1.807, 2.05) is 12.1 Å². The molecule has 0 aliphatic carbocycles. The highest BCUT2D eigenvalue weighted by Crippen LogP contribution is 2.10. The highest BCUT2D eigenvalue weighted by Gasteiger charge is 2.08. The lowest BCUT2D eigenvalue weighted by Gasteiger charge is -2.07. The number of anilines is 1. The van der Waals surface area contributed by atoms with E-state index < -0.39 is 0 Å². The van der Waals surface area contributed by atoms with Gasteiger partial charge in [0, 0.05) is 18.1 Å². The fraction of sp³-hybridized carbons (Fsp3) is 0.150. The van der Waals surface area contributed by atoms with Crippen molar-refractivity contribution in [3.63, 3.8) is 0 Å². The Morgan fingerprint density at radius 2 is 1.58 bits per heavy atom. The molecule has 2 aromatic carbocycles. The Morgan fingerprint density at radius 1 is 0.923 bits per heavy atom. The number of rotatable bonds is 6. The molecule has 0 saturated heterocycles. The van der Waals surface area contributed by atoms with Gasteiger partial charge in [0.1, 0.15) is 11.5 Å². The Hall–Kier alpha value is -2.92. The van der Waals surface area contributed by atoms with Crippen LogP contribution in [0.25, 0.3) is 0 Å². The van der Waals surface area contributed by atoms with Crippen LogP contribution in [0.3, 0.4) is 0 Å². The molecule has 0 radical (unpaired) electrons. The molecule has 1 heterocycles. The number of hydrogen-bond acceptors (Lipinski definition) is 4. The molecule has 0 atom stereocenters. The lowest BCUT2D eigenvalue weighted by molar-refractivity contribution is 0.0945. The quantitative estimate of drug-likeness (QED) is 0.692. The third-order valence-corrected chi connectivity index (χ3v) is 4.10. The summed E-state index contributed by atoms with van der Waals surface area (Å²) >= 11 is 5.85. The van der Waals surface area contributed by atoms with Crippen molar-refractivity contribution in [2.75, 3.05) is 5.32 Å². The molecule has 2 N–H and O–H groups in total. The van der Waals surface area contributed by atoms with Gasteiger partial charge in [-0.15, -0.1) is 0 Å². The zero-order valence-electron chi connectivity index (χ0n) is 14.4. The van der Waals surface area contributed by atoms with Crippen LogP contribution in [0, 0.1) is 6.92 Å². The van der Waals surface area contributed by atoms with Gasteiger partial charge in [-0.05, 0) is 30.2 Å². The average molecular weight is 367 g/mol. The summed E-state index contributed by atoms with van der Waals surface area (Å²) in [7, 11) is 0. The van der Waals surface area contributed by atoms with Crippen molar-refractivity contribution in [1.29, 1.82) is 0 Å². The van der Waals surface area contributed by atoms with Crippen LogP contribution < -0.4 is 10.6 Å². The molecule has 0 unspecified atom stereocenters. The maximum Gasteiger partial charge on any atom is 0.271 e. The molecule has 0 aliphatic heterocycles. The van der Waals surface area contributed by atoms with E-state index in [-0.39, 0.29) is 11.6 Å². The largest absolute Gasteiger partial charge is 0.365 e. The second-order valence-electron chi connectivity index (χ2n) is 5.94. The second-order valence-corrected chi connectivity index (χ2v) is 6.37. The van der Waals surface area contributed by atoms with Crippen molar-refractivity contribution in [3.8, 4) is 0 Å². The number of hydrogen-bond donors (Lipinski definition) is 2. The van der Waals surface area contributed by atoms with Gasteiger partial charge >= 0.3 is 0 Å². The molecule has 0 spiro atoms. The van der Waals surface area contributed by atoms with E-state index in [1.165, 1.54) is 11.8 Å². The van der Waals surface area contributed by atoms with E-state index in [2.05, 4.69) is 51.8 Å². The Bertz CT molecular complexity index is 862. The van der Waals surface area contributed by atoms with Gasteiger partial charge < -0.3 is 10.6 Å². The lowest BCUT2D eigenvalue weighted by Crippen LogP contribution is -2.24. The number of benzene rings is 2. The normalized spacial score (nSPS) is 10.4. The fourth-order valence-corrected chi connectivity index (χ4v) is 2.44. The van der Waals surface area contributed by atoms with Crippen molar-refractivity contribution in [1.82, 2.24) is 15.3 Å². The monoisotopic (exact) mass is 366 g/mol. The topological polar surface area (TPSA) is 66.9 Å². The number of carbonyl (C=O) groups is 1. The van der Waals surface area contributed by atoms with Gasteiger partial charge in [-0.2, -0.15) is 0 Å². The standard InChI is InChI=1S/C20H19ClN4O/c1-14-2-4-15(5-3-14)10-23-19-13-22-18(12-24-19)20(26)25-11-16-6-8-17(21)9-7-16/h2-9,12-13H,10-11H2,1H3,(H,23,24)(H,25,26). The van der Waals surface area contributed by atoms with Gasteiger partial charge in [-0.25, -0.2) is 9.97 Å². The molecule has 0 saturated carbocycles. The smallest absolute Gasteiger partial charge is 0.271 e. The SMILES string of the molecule is Cc1ccc(CNc2cnc(C(=O)NCc3ccc(Cl)cc3)cn2)cc1. The molecule has 3 aromatic rings. The zero-order chi connectivity index (χ0) is 18.4. The number of amides is 1. The van der Waals surface area contributed by atoms with Crippen LogP contribution >= 0.6 is 11.6 Å². The van der Waals surface area contributed by atoms with E-state index in [1.54, 1.807) is 18.3 Å². The molecule has 26 heavy (non-hydrogen) atoms. The molecule has 0 aliphatic rings. The van der Waals surface area contributed by atoms with E-state index >= 15 is 0 Å². The lowest BCUT2D eigenvalue weighted by atomic mass is 10.1. The van der Waals surface area contributed by atoms with Crippen molar-refractivity contribution < 1.29 is 4.79 Å². The maximum atomic E-state index is 12.1. The molecule has 0 fully saturated rings. The molecular weight excluding hydrogens is 348 g/mol. The van der Waals surface area contributed by atoms with Gasteiger partial charge in [-0.3, -0.25) is 4.79 Å². The minimum atomic E-state index is -0.266. The molecule has 1 amide bonds. The summed E-state index contributed by atoms with van der Waals surface area (Å²) in [6.45, 7) is 3.11. The van der Waals surface area contributed by atoms with Crippen molar-refractivity contribution in [2.45, 2.75) is 20.0 Å². The fourth-order valence-electron chi connectivity index (χ4n) is 2.31. The highest BCUT2D eigenvalue weighted by atomic mass is 35.5. The third kappa shape index (κ3) is 5.04. The molecule has 3 rings (SSSR count). The summed E-state index contributed by atoms with van der Waals surface area (Å²) in [6.07, 6.45) is 3.03. The minimum absolute atomic E-state index is 0.266. The first-order chi connectivity index (χ1) is 12.6. The predicted octanol–water partition coefficient (Wildman–Crippen LogP) is 3.98. The van der Waals surface area contributed by atoms with E-state index in [0.717, 1.165) is 11.1 Å². The first-order valence-corrected chi connectivity index (χ1v) is 8.62. The summed E-state index contributed by atoms with van der Waals surface area (Å²) in [6, 6.07) is 15.6. The number of nitrogens with one attached hydrogen (secondary N) is 2. The number of carbonyl (C=O) groups excluding carboxylic acids is 1. The molecule has 0 bridgehead atoms. The summed E-state index contributed by atoms with van der Waals surface area (Å²) in [5.41, 5.74) is 3.62. The number of halogens is 1. The van der Waals surface area contributed by atoms with E-state index in [4.69, 9.17) is 11.6 Å². The summed E-state index contributed by atoms with van der Waals surface area (Å²) in [5.74, 6) is 0.359. The molecule has 6 heteroatoms. The minimum Gasteiger partial charge on any atom is -0.365 e. The van der Waals surface area contributed by atoms with Crippen LogP contribution in [0.4, 0.5) is 5.82 Å². The Labute approximate surface area is 157 Å². The number of aryl methyl sites for hydroxylation is 1. The van der Waals surface area contributed by atoms with Gasteiger partial charge in [0.05, 0.1) is 12.4 Å². The zero-order valence-corrected chi connectivity index (χ0v) is 15.1. The Morgan fingerprint density at radius 3 is 2.23 bits per heavy atom. The van der Waals surface area contributed by atoms with Gasteiger partial charge in [0.25, 0.3) is 5.91 Å². The summed E-state index contributed by atoms with van der Waals surface area (Å²) in [5, 5.41) is 6.67. The molecular formula is C20H19ClN4O. The van der Waals surface area contributed by atoms with Crippen LogP contribution in [0.15, 0.2) is 60.9 Å². The van der Waals surface area contributed by atoms with Crippen molar-refractivity contribution in [3.05, 3.63) is 88.3 Å². The third-order valence-electron chi connectivity index (χ3n) is 3.85. The molecule has 5 nitrogen and oxygen atoms in total. The van der Waals surface area contributed by atoms with E-state index in [9.17, 15) is 4.79 Å². The summed E-state index contributed by atoms with van der Waals surface area (Å²) in [4.78, 5) is 20.6. The highest BCUT2D eigenvalue weighted by molar-refractivity contribution is 6.30. The Balaban J connectivity index is 1.52. The van der Waals surface area contributed by atoms with Crippen LogP contribution in [0.1, 0.15) is 27.2 Å². The van der Waals surface area contributed by atoms with E-state index in [0.29, 0.717) is 23.9 Å². The van der Waals surface area contributed by atoms with Gasteiger partial charge in [-0.1, -0.05) is 53.6 Å². The first-order valence-electron chi connectivity index (χ1n) is 8.24. The first kappa shape index (κ1) is 17.9. The number of nitrogens with zero attached hydrogens (tertiary/aromatic N) is 2. The van der Waals surface area contributed by atoms with Gasteiger partial charge in [0.2, 0.25) is 0 Å². The van der Waals surface area contributed by atoms with Crippen molar-refractivity contribution in [2.24, 2.45) is 0 Å². The average Bonchev–Trinajstić information content (AvgIpc) is 2.67. The predicted molar refractivity (Wildman–Crippen MR) is 103 cm³/mol. The van der Waals surface area contributed by atoms with Crippen LogP contribution in [-0.4, -0.2) is 15.9 Å². The summed E-state index contributed by atoms with van der Waals surface area (Å²) < 4.78 is 0. The Kier molecular flexibility index (Phi) is 5.81.